The summed E-state index contributed by atoms with van der Waals surface area (Å²) < 4.78 is 26.3. The van der Waals surface area contributed by atoms with E-state index in [1.54, 1.807) is 30.5 Å². The molecule has 0 aliphatic rings. The van der Waals surface area contributed by atoms with Gasteiger partial charge in [0.05, 0.1) is 9.92 Å². The van der Waals surface area contributed by atoms with Crippen molar-refractivity contribution in [1.29, 1.82) is 0 Å². The van der Waals surface area contributed by atoms with E-state index in [4.69, 9.17) is 17.3 Å². The van der Waals surface area contributed by atoms with E-state index in [-0.39, 0.29) is 4.90 Å². The Morgan fingerprint density at radius 1 is 1.35 bits per heavy atom. The van der Waals surface area contributed by atoms with Crippen LogP contribution in [-0.4, -0.2) is 20.4 Å². The van der Waals surface area contributed by atoms with Gasteiger partial charge in [-0.15, -0.1) is 0 Å². The summed E-state index contributed by atoms with van der Waals surface area (Å²) in [7, 11) is -2.26. The van der Waals surface area contributed by atoms with Crippen LogP contribution in [0.1, 0.15) is 0 Å². The number of nitrogen functional groups attached to an aromatic ring is 1. The molecule has 0 saturated carbocycles. The predicted molar refractivity (Wildman–Crippen MR) is 80.5 cm³/mol. The molecule has 0 saturated heterocycles. The topological polar surface area (TPSA) is 85.1 Å². The third-order valence-electron chi connectivity index (χ3n) is 2.46. The van der Waals surface area contributed by atoms with Crippen LogP contribution in [0.5, 0.6) is 0 Å². The number of aromatic nitrogens is 1. The Morgan fingerprint density at radius 2 is 2.10 bits per heavy atom. The highest BCUT2D eigenvalue weighted by atomic mass is 35.5. The summed E-state index contributed by atoms with van der Waals surface area (Å²) >= 11 is 7.21. The van der Waals surface area contributed by atoms with Gasteiger partial charge in [0, 0.05) is 16.8 Å². The van der Waals surface area contributed by atoms with Crippen LogP contribution in [0.15, 0.2) is 51.3 Å². The molecule has 0 amide bonds. The number of benzene rings is 1. The van der Waals surface area contributed by atoms with Crippen molar-refractivity contribution < 1.29 is 8.42 Å². The molecule has 3 N–H and O–H groups in total. The highest BCUT2D eigenvalue weighted by Gasteiger charge is 2.18. The van der Waals surface area contributed by atoms with E-state index < -0.39 is 10.0 Å². The first-order valence-corrected chi connectivity index (χ1v) is 8.23. The van der Waals surface area contributed by atoms with Crippen LogP contribution in [0.4, 0.5) is 5.69 Å². The maximum absolute atomic E-state index is 12.0. The Bertz CT molecular complexity index is 735. The minimum absolute atomic E-state index is 0.103. The fourth-order valence-electron chi connectivity index (χ4n) is 1.48. The van der Waals surface area contributed by atoms with Gasteiger partial charge in [-0.3, -0.25) is 0 Å². The number of nitrogens with one attached hydrogen (secondary N) is 1. The molecule has 0 unspecified atom stereocenters. The second-order valence-corrected chi connectivity index (χ2v) is 7.10. The lowest BCUT2D eigenvalue weighted by atomic mass is 10.3. The summed E-state index contributed by atoms with van der Waals surface area (Å²) in [5.74, 6) is 0. The van der Waals surface area contributed by atoms with Gasteiger partial charge in [0.25, 0.3) is 0 Å². The van der Waals surface area contributed by atoms with Gasteiger partial charge in [0.2, 0.25) is 10.0 Å². The van der Waals surface area contributed by atoms with E-state index in [0.29, 0.717) is 20.6 Å². The zero-order valence-corrected chi connectivity index (χ0v) is 12.9. The highest BCUT2D eigenvalue weighted by Crippen LogP contribution is 2.35. The molecular formula is C12H12ClN3O2S2. The van der Waals surface area contributed by atoms with Gasteiger partial charge in [-0.25, -0.2) is 18.1 Å². The third-order valence-corrected chi connectivity index (χ3v) is 5.55. The molecule has 20 heavy (non-hydrogen) atoms. The second-order valence-electron chi connectivity index (χ2n) is 3.81. The van der Waals surface area contributed by atoms with Crippen LogP contribution in [0.25, 0.3) is 0 Å². The van der Waals surface area contributed by atoms with Gasteiger partial charge < -0.3 is 5.73 Å². The van der Waals surface area contributed by atoms with Gasteiger partial charge in [-0.1, -0.05) is 23.4 Å². The molecule has 0 aliphatic carbocycles. The van der Waals surface area contributed by atoms with E-state index in [0.717, 1.165) is 0 Å². The Morgan fingerprint density at radius 3 is 2.75 bits per heavy atom. The van der Waals surface area contributed by atoms with E-state index in [9.17, 15) is 8.42 Å². The van der Waals surface area contributed by atoms with Gasteiger partial charge in [0.15, 0.2) is 0 Å². The van der Waals surface area contributed by atoms with Crippen molar-refractivity contribution in [2.75, 3.05) is 12.8 Å². The largest absolute Gasteiger partial charge is 0.399 e. The SMILES string of the molecule is CNS(=O)(=O)c1cc(N)ccc1Sc1ncccc1Cl. The second kappa shape index (κ2) is 6.01. The van der Waals surface area contributed by atoms with Crippen LogP contribution < -0.4 is 10.5 Å². The van der Waals surface area contributed by atoms with Crippen molar-refractivity contribution >= 4 is 39.1 Å². The fraction of sp³-hybridized carbons (Fsp3) is 0.0833. The molecule has 0 radical (unpaired) electrons. The number of pyridine rings is 1. The average molecular weight is 330 g/mol. The summed E-state index contributed by atoms with van der Waals surface area (Å²) in [5, 5.41) is 0.994. The van der Waals surface area contributed by atoms with Crippen LogP contribution in [0, 0.1) is 0 Å². The lowest BCUT2D eigenvalue weighted by Crippen LogP contribution is -2.19. The first-order valence-electron chi connectivity index (χ1n) is 5.55. The van der Waals surface area contributed by atoms with Crippen LogP contribution >= 0.6 is 23.4 Å². The molecule has 0 atom stereocenters. The lowest BCUT2D eigenvalue weighted by molar-refractivity contribution is 0.586. The lowest BCUT2D eigenvalue weighted by Gasteiger charge is -2.10. The van der Waals surface area contributed by atoms with E-state index >= 15 is 0 Å². The van der Waals surface area contributed by atoms with Crippen molar-refractivity contribution in [3.05, 3.63) is 41.6 Å². The number of halogens is 1. The Labute approximate surface area is 126 Å². The third kappa shape index (κ3) is 3.24. The predicted octanol–water partition coefficient (Wildman–Crippen LogP) is 2.38. The number of rotatable bonds is 4. The maximum Gasteiger partial charge on any atom is 0.241 e. The first-order chi connectivity index (χ1) is 9.44. The zero-order valence-electron chi connectivity index (χ0n) is 10.5. The Kier molecular flexibility index (Phi) is 4.54. The van der Waals surface area contributed by atoms with E-state index in [1.807, 2.05) is 0 Å². The smallest absolute Gasteiger partial charge is 0.241 e. The molecule has 106 valence electrons. The van der Waals surface area contributed by atoms with Crippen molar-refractivity contribution in [3.8, 4) is 0 Å². The molecule has 1 aromatic heterocycles. The van der Waals surface area contributed by atoms with Crippen LogP contribution in [0.2, 0.25) is 5.02 Å². The number of hydrogen-bond donors (Lipinski definition) is 2. The molecule has 0 spiro atoms. The number of anilines is 1. The highest BCUT2D eigenvalue weighted by molar-refractivity contribution is 8.00. The molecule has 2 rings (SSSR count). The quantitative estimate of drug-likeness (QED) is 0.841. The molecule has 0 aliphatic heterocycles. The van der Waals surface area contributed by atoms with Crippen LogP contribution in [0.3, 0.4) is 0 Å². The van der Waals surface area contributed by atoms with Crippen molar-refractivity contribution in [2.45, 2.75) is 14.8 Å². The molecule has 0 fully saturated rings. The van der Waals surface area contributed by atoms with Crippen molar-refractivity contribution in [1.82, 2.24) is 9.71 Å². The number of sulfonamides is 1. The molecule has 0 bridgehead atoms. The normalized spacial score (nSPS) is 11.5. The first kappa shape index (κ1) is 15.1. The van der Waals surface area contributed by atoms with Gasteiger partial charge in [-0.2, -0.15) is 0 Å². The van der Waals surface area contributed by atoms with Gasteiger partial charge >= 0.3 is 0 Å². The molecule has 2 aromatic rings. The summed E-state index contributed by atoms with van der Waals surface area (Å²) in [6.45, 7) is 0. The maximum atomic E-state index is 12.0. The van der Waals surface area contributed by atoms with Gasteiger partial charge in [0.1, 0.15) is 5.03 Å². The Balaban J connectivity index is 2.50. The molecular weight excluding hydrogens is 318 g/mol. The molecule has 8 heteroatoms. The van der Waals surface area contributed by atoms with Crippen LogP contribution in [-0.2, 0) is 10.0 Å². The summed E-state index contributed by atoms with van der Waals surface area (Å²) in [6, 6.07) is 8.08. The Hall–Kier alpha value is -1.28. The molecule has 1 heterocycles. The van der Waals surface area contributed by atoms with E-state index in [2.05, 4.69) is 9.71 Å². The molecule has 1 aromatic carbocycles. The fourth-order valence-corrected chi connectivity index (χ4v) is 3.80. The number of hydrogen-bond acceptors (Lipinski definition) is 5. The van der Waals surface area contributed by atoms with Gasteiger partial charge in [-0.05, 0) is 37.4 Å². The standard InChI is InChI=1S/C12H12ClN3O2S2/c1-15-20(17,18)11-7-8(14)4-5-10(11)19-12-9(13)3-2-6-16-12/h2-7,15H,14H2,1H3. The minimum atomic E-state index is -3.61. The minimum Gasteiger partial charge on any atom is -0.399 e. The van der Waals surface area contributed by atoms with Crippen molar-refractivity contribution in [3.63, 3.8) is 0 Å². The summed E-state index contributed by atoms with van der Waals surface area (Å²) in [6.07, 6.45) is 1.59. The van der Waals surface area contributed by atoms with E-state index in [1.165, 1.54) is 24.9 Å². The summed E-state index contributed by atoms with van der Waals surface area (Å²) in [4.78, 5) is 4.74. The molecule has 5 nitrogen and oxygen atoms in total. The average Bonchev–Trinajstić information content (AvgIpc) is 2.43. The number of nitrogens with two attached hydrogens (primary N) is 1. The monoisotopic (exact) mass is 329 g/mol. The summed E-state index contributed by atoms with van der Waals surface area (Å²) in [5.41, 5.74) is 6.03. The zero-order chi connectivity index (χ0) is 14.8. The number of nitrogens with zero attached hydrogens (tertiary/aromatic N) is 1. The van der Waals surface area contributed by atoms with Crippen molar-refractivity contribution in [2.24, 2.45) is 0 Å².